The molecule has 1 aliphatic carbocycles. The SMILES string of the molecule is O=S(=O)(/N=C(\[O-])C1CC1)C(F)(F)F. The third-order valence-electron chi connectivity index (χ3n) is 1.43. The Kier molecular flexibility index (Phi) is 2.27. The molecule has 1 fully saturated rings. The van der Waals surface area contributed by atoms with Crippen LogP contribution in [0.4, 0.5) is 13.2 Å². The summed E-state index contributed by atoms with van der Waals surface area (Å²) in [5.74, 6) is -1.82. The summed E-state index contributed by atoms with van der Waals surface area (Å²) in [5.41, 5.74) is -5.47. The van der Waals surface area contributed by atoms with Gasteiger partial charge < -0.3 is 5.11 Å². The predicted octanol–water partition coefficient (Wildman–Crippen LogP) is 0.00480. The van der Waals surface area contributed by atoms with Crippen LogP contribution in [0.3, 0.4) is 0 Å². The molecule has 13 heavy (non-hydrogen) atoms. The summed E-state index contributed by atoms with van der Waals surface area (Å²) in [5, 5.41) is 10.6. The van der Waals surface area contributed by atoms with E-state index in [1.807, 2.05) is 0 Å². The molecule has 0 spiro atoms. The highest BCUT2D eigenvalue weighted by atomic mass is 32.2. The minimum absolute atomic E-state index is 0.412. The van der Waals surface area contributed by atoms with Crippen LogP contribution in [0.5, 0.6) is 0 Å². The molecule has 0 atom stereocenters. The predicted molar refractivity (Wildman–Crippen MR) is 35.1 cm³/mol. The first-order valence-corrected chi connectivity index (χ1v) is 4.76. The Bertz CT molecular complexity index is 327. The molecule has 4 nitrogen and oxygen atoms in total. The van der Waals surface area contributed by atoms with Crippen molar-refractivity contribution >= 4 is 15.9 Å². The quantitative estimate of drug-likeness (QED) is 0.482. The Morgan fingerprint density at radius 3 is 2.15 bits per heavy atom. The molecule has 8 heteroatoms. The zero-order valence-electron chi connectivity index (χ0n) is 6.21. The summed E-state index contributed by atoms with van der Waals surface area (Å²) in [6.45, 7) is 0. The van der Waals surface area contributed by atoms with Crippen LogP contribution in [0.2, 0.25) is 0 Å². The second kappa shape index (κ2) is 2.86. The molecule has 0 radical (unpaired) electrons. The Labute approximate surface area is 72.1 Å². The van der Waals surface area contributed by atoms with Crippen LogP contribution in [0.1, 0.15) is 12.8 Å². The zero-order chi connectivity index (χ0) is 10.3. The molecule has 0 saturated heterocycles. The molecule has 0 amide bonds. The Morgan fingerprint density at radius 2 is 1.85 bits per heavy atom. The van der Waals surface area contributed by atoms with E-state index in [-0.39, 0.29) is 0 Å². The van der Waals surface area contributed by atoms with E-state index in [4.69, 9.17) is 0 Å². The first kappa shape index (κ1) is 10.3. The van der Waals surface area contributed by atoms with Gasteiger partial charge in [0.25, 0.3) is 0 Å². The van der Waals surface area contributed by atoms with Gasteiger partial charge in [-0.3, -0.25) is 0 Å². The lowest BCUT2D eigenvalue weighted by molar-refractivity contribution is -0.220. The maximum Gasteiger partial charge on any atom is 0.518 e. The van der Waals surface area contributed by atoms with Crippen molar-refractivity contribution < 1.29 is 26.7 Å². The number of nitrogens with zero attached hydrogens (tertiary/aromatic N) is 1. The molecule has 0 unspecified atom stereocenters. The van der Waals surface area contributed by atoms with Crippen LogP contribution >= 0.6 is 0 Å². The van der Waals surface area contributed by atoms with Crippen LogP contribution in [-0.4, -0.2) is 19.8 Å². The van der Waals surface area contributed by atoms with Crippen molar-refractivity contribution in [2.75, 3.05) is 0 Å². The molecule has 1 aliphatic rings. The largest absolute Gasteiger partial charge is 0.861 e. The normalized spacial score (nSPS) is 20.4. The van der Waals surface area contributed by atoms with Crippen molar-refractivity contribution in [1.29, 1.82) is 0 Å². The van der Waals surface area contributed by atoms with Crippen molar-refractivity contribution in [3.8, 4) is 0 Å². The molecule has 0 aromatic rings. The molecule has 0 aliphatic heterocycles. The van der Waals surface area contributed by atoms with Gasteiger partial charge in [-0.15, -0.1) is 0 Å². The van der Waals surface area contributed by atoms with Gasteiger partial charge in [0, 0.05) is 0 Å². The molecule has 1 rings (SSSR count). The minimum atomic E-state index is -5.63. The van der Waals surface area contributed by atoms with Gasteiger partial charge in [-0.25, -0.2) is 0 Å². The fourth-order valence-electron chi connectivity index (χ4n) is 0.575. The monoisotopic (exact) mass is 216 g/mol. The Hall–Kier alpha value is -0.790. The van der Waals surface area contributed by atoms with Crippen LogP contribution in [0, 0.1) is 5.92 Å². The lowest BCUT2D eigenvalue weighted by Crippen LogP contribution is -2.27. The molecular formula is C5H5F3NO3S-. The molecule has 0 bridgehead atoms. The number of rotatable bonds is 2. The van der Waals surface area contributed by atoms with E-state index < -0.39 is 27.3 Å². The van der Waals surface area contributed by atoms with Crippen LogP contribution in [0.25, 0.3) is 0 Å². The fourth-order valence-corrected chi connectivity index (χ4v) is 1.06. The smallest absolute Gasteiger partial charge is 0.518 e. The maximum atomic E-state index is 11.6. The van der Waals surface area contributed by atoms with Gasteiger partial charge in [0.15, 0.2) is 0 Å². The first-order valence-electron chi connectivity index (χ1n) is 3.32. The molecule has 0 aromatic heterocycles. The summed E-state index contributed by atoms with van der Waals surface area (Å²) >= 11 is 0. The Morgan fingerprint density at radius 1 is 1.38 bits per heavy atom. The molecule has 1 saturated carbocycles. The van der Waals surface area contributed by atoms with Crippen molar-refractivity contribution in [2.45, 2.75) is 18.3 Å². The number of halogens is 3. The van der Waals surface area contributed by atoms with E-state index in [0.717, 1.165) is 0 Å². The average Bonchev–Trinajstić information content (AvgIpc) is 2.62. The number of hydrogen-bond acceptors (Lipinski definition) is 3. The molecule has 0 N–H and O–H groups in total. The summed E-state index contributed by atoms with van der Waals surface area (Å²) in [6, 6.07) is 0. The summed E-state index contributed by atoms with van der Waals surface area (Å²) in [6.07, 6.45) is 0.825. The van der Waals surface area contributed by atoms with E-state index in [1.54, 1.807) is 0 Å². The summed E-state index contributed by atoms with van der Waals surface area (Å²) in [7, 11) is -5.63. The van der Waals surface area contributed by atoms with Gasteiger partial charge in [0.1, 0.15) is 0 Å². The Balaban J connectivity index is 2.89. The number of hydrogen-bond donors (Lipinski definition) is 0. The van der Waals surface area contributed by atoms with Crippen LogP contribution < -0.4 is 5.11 Å². The highest BCUT2D eigenvalue weighted by molar-refractivity contribution is 7.91. The lowest BCUT2D eigenvalue weighted by Gasteiger charge is -2.09. The highest BCUT2D eigenvalue weighted by Gasteiger charge is 2.46. The van der Waals surface area contributed by atoms with Gasteiger partial charge in [-0.05, 0) is 24.7 Å². The lowest BCUT2D eigenvalue weighted by atomic mass is 10.4. The maximum absolute atomic E-state index is 11.6. The molecule has 0 aromatic carbocycles. The number of alkyl halides is 3. The third-order valence-corrected chi connectivity index (χ3v) is 2.43. The van der Waals surface area contributed by atoms with E-state index >= 15 is 0 Å². The van der Waals surface area contributed by atoms with Gasteiger partial charge in [0.2, 0.25) is 0 Å². The van der Waals surface area contributed by atoms with Crippen molar-refractivity contribution in [1.82, 2.24) is 0 Å². The standard InChI is InChI=1S/C5H6F3NO3S/c6-5(7,8)13(11,12)9-4(10)3-1-2-3/h3H,1-2H2,(H,9,10)/p-1. The average molecular weight is 216 g/mol. The van der Waals surface area contributed by atoms with E-state index in [2.05, 4.69) is 4.40 Å². The molecule has 0 heterocycles. The van der Waals surface area contributed by atoms with E-state index in [1.165, 1.54) is 0 Å². The van der Waals surface area contributed by atoms with Gasteiger partial charge in [0.05, 0.1) is 0 Å². The minimum Gasteiger partial charge on any atom is -0.861 e. The molecular weight excluding hydrogens is 211 g/mol. The van der Waals surface area contributed by atoms with Gasteiger partial charge in [-0.2, -0.15) is 26.0 Å². The van der Waals surface area contributed by atoms with Crippen LogP contribution in [0.15, 0.2) is 4.40 Å². The first-order chi connectivity index (χ1) is 5.74. The van der Waals surface area contributed by atoms with Gasteiger partial charge in [-0.1, -0.05) is 0 Å². The number of sulfonamides is 1. The second-order valence-corrected chi connectivity index (χ2v) is 4.22. The van der Waals surface area contributed by atoms with E-state index in [0.29, 0.717) is 12.8 Å². The van der Waals surface area contributed by atoms with Crippen molar-refractivity contribution in [2.24, 2.45) is 10.3 Å². The van der Waals surface area contributed by atoms with Gasteiger partial charge >= 0.3 is 15.5 Å². The molecule has 76 valence electrons. The summed E-state index contributed by atoms with van der Waals surface area (Å²) < 4.78 is 57.6. The highest BCUT2D eigenvalue weighted by Crippen LogP contribution is 2.31. The van der Waals surface area contributed by atoms with Crippen LogP contribution in [-0.2, 0) is 10.0 Å². The third kappa shape index (κ3) is 2.33. The van der Waals surface area contributed by atoms with Crippen molar-refractivity contribution in [3.63, 3.8) is 0 Å². The van der Waals surface area contributed by atoms with E-state index in [9.17, 15) is 26.7 Å². The zero-order valence-corrected chi connectivity index (χ0v) is 7.02. The van der Waals surface area contributed by atoms with Crippen molar-refractivity contribution in [3.05, 3.63) is 0 Å². The fraction of sp³-hybridized carbons (Fsp3) is 0.800. The second-order valence-electron chi connectivity index (χ2n) is 2.62. The summed E-state index contributed by atoms with van der Waals surface area (Å²) in [4.78, 5) is 0. The topological polar surface area (TPSA) is 69.6 Å².